The Morgan fingerprint density at radius 1 is 0.500 bits per heavy atom. The number of carbonyl (C=O) groups is 8. The number of likely N-dealkylation sites (tertiary alicyclic amines) is 2. The van der Waals surface area contributed by atoms with E-state index in [-0.39, 0.29) is 115 Å². The van der Waals surface area contributed by atoms with Crippen LogP contribution in [0.2, 0.25) is 0 Å². The van der Waals surface area contributed by atoms with E-state index >= 15 is 0 Å². The van der Waals surface area contributed by atoms with E-state index in [0.717, 1.165) is 114 Å². The van der Waals surface area contributed by atoms with E-state index in [2.05, 4.69) is 61.5 Å². The molecule has 0 spiro atoms. The fourth-order valence-corrected chi connectivity index (χ4v) is 14.7. The third-order valence-corrected chi connectivity index (χ3v) is 19.6. The first-order valence-electron chi connectivity index (χ1n) is 30.9. The summed E-state index contributed by atoms with van der Waals surface area (Å²) in [7, 11) is 3.42. The summed E-state index contributed by atoms with van der Waals surface area (Å²) >= 11 is 0. The van der Waals surface area contributed by atoms with Crippen molar-refractivity contribution in [3.63, 3.8) is 0 Å². The molecule has 2 aliphatic heterocycles. The van der Waals surface area contributed by atoms with Crippen molar-refractivity contribution in [3.8, 4) is 0 Å². The van der Waals surface area contributed by atoms with Gasteiger partial charge < -0.3 is 47.0 Å². The molecule has 436 valence electrons. The molecule has 2 aromatic rings. The van der Waals surface area contributed by atoms with Gasteiger partial charge in [-0.05, 0) is 171 Å². The van der Waals surface area contributed by atoms with Crippen LogP contribution in [0, 0.1) is 29.6 Å². The maximum absolute atomic E-state index is 15.0. The lowest BCUT2D eigenvalue weighted by Crippen LogP contribution is -2.58. The Kier molecular flexibility index (Phi) is 20.2. The second-order valence-corrected chi connectivity index (χ2v) is 24.9. The normalized spacial score (nSPS) is 27.8. The van der Waals surface area contributed by atoms with E-state index in [4.69, 9.17) is 0 Å². The number of carbonyl (C=O) groups excluding carboxylic acids is 8. The second kappa shape index (κ2) is 27.4. The van der Waals surface area contributed by atoms with Gasteiger partial charge in [-0.15, -0.1) is 0 Å². The average Bonchev–Trinajstić information content (AvgIpc) is 4.12. The van der Waals surface area contributed by atoms with Crippen molar-refractivity contribution >= 4 is 47.1 Å². The van der Waals surface area contributed by atoms with E-state index in [0.29, 0.717) is 32.1 Å². The molecule has 7 amide bonds. The first kappa shape index (κ1) is 59.0. The van der Waals surface area contributed by atoms with Crippen molar-refractivity contribution in [1.29, 1.82) is 0 Å². The number of nitrogens with zero attached hydrogens (tertiary/aromatic N) is 2. The van der Waals surface area contributed by atoms with Crippen LogP contribution in [0.1, 0.15) is 183 Å². The lowest BCUT2D eigenvalue weighted by molar-refractivity contribution is -0.143. The highest BCUT2D eigenvalue weighted by Gasteiger charge is 2.48. The molecule has 5 fully saturated rings. The largest absolute Gasteiger partial charge is 0.351 e. The summed E-state index contributed by atoms with van der Waals surface area (Å²) in [5, 5.41) is 22.0. The number of hydrogen-bond acceptors (Lipinski definition) is 10. The molecular formula is C63H91N9O8. The third kappa shape index (κ3) is 14.0. The van der Waals surface area contributed by atoms with Gasteiger partial charge in [0.15, 0.2) is 0 Å². The van der Waals surface area contributed by atoms with E-state index in [1.54, 1.807) is 37.7 Å². The molecule has 7 aliphatic rings. The highest BCUT2D eigenvalue weighted by molar-refractivity contribution is 5.95. The molecule has 7 N–H and O–H groups in total. The van der Waals surface area contributed by atoms with Crippen LogP contribution in [0.4, 0.5) is 0 Å². The molecule has 3 saturated carbocycles. The number of amides is 7. The fourth-order valence-electron chi connectivity index (χ4n) is 14.7. The van der Waals surface area contributed by atoms with Crippen LogP contribution in [-0.4, -0.2) is 126 Å². The molecular weight excluding hydrogens is 1010 g/mol. The Hall–Kier alpha value is -5.68. The summed E-state index contributed by atoms with van der Waals surface area (Å²) in [6, 6.07) is 11.2. The maximum atomic E-state index is 15.0. The van der Waals surface area contributed by atoms with Gasteiger partial charge >= 0.3 is 0 Å². The minimum absolute atomic E-state index is 0.0579. The summed E-state index contributed by atoms with van der Waals surface area (Å²) in [4.78, 5) is 118. The molecule has 5 aliphatic carbocycles. The Bertz CT molecular complexity index is 2370. The Labute approximate surface area is 474 Å². The van der Waals surface area contributed by atoms with Gasteiger partial charge in [0.25, 0.3) is 0 Å². The number of Topliss-reactive ketones (excluding diaryl/α,β-unsaturated/α-hetero) is 1. The van der Waals surface area contributed by atoms with Crippen LogP contribution in [0.15, 0.2) is 48.5 Å². The predicted octanol–water partition coefficient (Wildman–Crippen LogP) is 5.79. The van der Waals surface area contributed by atoms with Gasteiger partial charge in [0.2, 0.25) is 41.4 Å². The quantitative estimate of drug-likeness (QED) is 0.0897. The number of benzene rings is 2. The highest BCUT2D eigenvalue weighted by Crippen LogP contribution is 2.38. The molecule has 2 heterocycles. The lowest BCUT2D eigenvalue weighted by atomic mass is 9.77. The van der Waals surface area contributed by atoms with E-state index < -0.39 is 42.3 Å². The van der Waals surface area contributed by atoms with Gasteiger partial charge in [-0.3, -0.25) is 38.4 Å². The zero-order chi connectivity index (χ0) is 56.5. The van der Waals surface area contributed by atoms with Crippen molar-refractivity contribution in [3.05, 3.63) is 70.8 Å². The van der Waals surface area contributed by atoms with Crippen LogP contribution >= 0.6 is 0 Å². The van der Waals surface area contributed by atoms with E-state index in [1.807, 2.05) is 24.3 Å². The number of fused-ring (bicyclic) bond motifs is 2. The first-order chi connectivity index (χ1) is 38.7. The minimum Gasteiger partial charge on any atom is -0.351 e. The van der Waals surface area contributed by atoms with Crippen LogP contribution in [0.25, 0.3) is 0 Å². The molecule has 2 saturated heterocycles. The Morgan fingerprint density at radius 3 is 1.44 bits per heavy atom. The zero-order valence-corrected chi connectivity index (χ0v) is 48.0. The van der Waals surface area contributed by atoms with Crippen LogP contribution < -0.4 is 37.2 Å². The van der Waals surface area contributed by atoms with Crippen LogP contribution in [-0.2, 0) is 51.2 Å². The van der Waals surface area contributed by atoms with Gasteiger partial charge in [0.1, 0.15) is 30.0 Å². The topological polar surface area (TPSA) is 227 Å². The van der Waals surface area contributed by atoms with Crippen LogP contribution in [0.5, 0.6) is 0 Å². The van der Waals surface area contributed by atoms with Crippen LogP contribution in [0.3, 0.4) is 0 Å². The summed E-state index contributed by atoms with van der Waals surface area (Å²) in [6.45, 7) is 3.89. The minimum atomic E-state index is -0.852. The number of aryl methyl sites for hydroxylation is 2. The van der Waals surface area contributed by atoms with Gasteiger partial charge in [-0.25, -0.2) is 0 Å². The molecule has 2 aromatic carbocycles. The summed E-state index contributed by atoms with van der Waals surface area (Å²) in [5.41, 5.74) is 4.60. The molecule has 0 unspecified atom stereocenters. The summed E-state index contributed by atoms with van der Waals surface area (Å²) in [5.74, 6) is -2.69. The third-order valence-electron chi connectivity index (χ3n) is 19.6. The zero-order valence-electron chi connectivity index (χ0n) is 48.0. The predicted molar refractivity (Wildman–Crippen MR) is 305 cm³/mol. The highest BCUT2D eigenvalue weighted by atomic mass is 16.2. The summed E-state index contributed by atoms with van der Waals surface area (Å²) in [6.07, 6.45) is 17.3. The number of ketones is 1. The smallest absolute Gasteiger partial charge is 0.246 e. The number of rotatable bonds is 19. The molecule has 0 bridgehead atoms. The van der Waals surface area contributed by atoms with Gasteiger partial charge in [-0.2, -0.15) is 0 Å². The first-order valence-corrected chi connectivity index (χ1v) is 30.9. The summed E-state index contributed by atoms with van der Waals surface area (Å²) < 4.78 is 0. The Morgan fingerprint density at radius 2 is 0.950 bits per heavy atom. The number of nitrogens with one attached hydrogen (secondary N) is 7. The van der Waals surface area contributed by atoms with Crippen molar-refractivity contribution in [2.45, 2.75) is 216 Å². The molecule has 10 atom stereocenters. The number of hydrogen-bond donors (Lipinski definition) is 7. The molecule has 0 radical (unpaired) electrons. The monoisotopic (exact) mass is 1100 g/mol. The molecule has 0 aromatic heterocycles. The molecule has 80 heavy (non-hydrogen) atoms. The van der Waals surface area contributed by atoms with E-state index in [9.17, 15) is 38.4 Å². The average molecular weight is 1100 g/mol. The van der Waals surface area contributed by atoms with Gasteiger partial charge in [-0.1, -0.05) is 87.1 Å². The molecule has 9 rings (SSSR count). The van der Waals surface area contributed by atoms with Crippen molar-refractivity contribution in [1.82, 2.24) is 47.0 Å². The number of likely N-dealkylation sites (N-methyl/N-ethyl adjacent to an activating group) is 2. The van der Waals surface area contributed by atoms with Gasteiger partial charge in [0.05, 0.1) is 24.2 Å². The lowest BCUT2D eigenvalue weighted by Gasteiger charge is -2.35. The molecule has 17 nitrogen and oxygen atoms in total. The maximum Gasteiger partial charge on any atom is 0.246 e. The Balaban J connectivity index is 0.855. The SMILES string of the molecule is CN[C@@H](C)C(=O)N[C@H](C(=O)N1C[C@@H](CC(=O)C2CCC(C(=O)N[C@H]3C[C@@H](C(=O)N[C@@H]4CCCc5ccccc54)N(C(=O)[C@@H](NC(=O)[C@H](C)NC)C4CCCCC4)C3)CC2)C[C@H]1C(=O)N[C@@H]1CCCc2ccccc21)C1CCCCC1. The van der Waals surface area contributed by atoms with Gasteiger partial charge in [0, 0.05) is 37.4 Å². The van der Waals surface area contributed by atoms with Crippen molar-refractivity contribution in [2.24, 2.45) is 29.6 Å². The van der Waals surface area contributed by atoms with Crippen molar-refractivity contribution in [2.75, 3.05) is 27.2 Å². The second-order valence-electron chi connectivity index (χ2n) is 24.9. The van der Waals surface area contributed by atoms with E-state index in [1.165, 1.54) is 11.1 Å². The molecule has 17 heteroatoms. The fraction of sp³-hybridized carbons (Fsp3) is 0.683. The standard InChI is InChI=1S/C63H91N9O8/c1-38(64-3)57(74)69-55(44-19-7-5-8-20-44)62(79)71-36-40(33-52(71)60(77)67-50-27-15-23-41-17-11-13-25-48(41)50)34-54(73)43-29-31-46(32-30-43)59(76)66-47-35-53(61(78)68-51-28-16-24-42-18-12-14-26-49(42)51)72(37-47)63(80)56(45-21-9-6-10-22-45)70-58(75)39(2)65-4/h11-14,17-18,25-26,38-40,43-47,50-53,55-56,64-65H,5-10,15-16,19-24,27-37H2,1-4H3,(H,66,76)(H,67,77)(H,68,78)(H,69,74)(H,70,75)/t38-,39-,40+,43?,46?,47-,50+,51+,52-,53-,55-,56-/m0/s1. The van der Waals surface area contributed by atoms with Crippen molar-refractivity contribution < 1.29 is 38.4 Å².